The van der Waals surface area contributed by atoms with Gasteiger partial charge >= 0.3 is 0 Å². The number of halogens is 1. The molecule has 0 spiro atoms. The van der Waals surface area contributed by atoms with E-state index in [1.165, 1.54) is 6.20 Å². The molecule has 0 fully saturated rings. The van der Waals surface area contributed by atoms with Crippen LogP contribution in [0.3, 0.4) is 0 Å². The molecule has 2 aromatic rings. The quantitative estimate of drug-likeness (QED) is 0.386. The van der Waals surface area contributed by atoms with Crippen LogP contribution in [0.4, 0.5) is 5.95 Å². The third-order valence-electron chi connectivity index (χ3n) is 2.22. The zero-order valence-electron chi connectivity index (χ0n) is 9.32. The Morgan fingerprint density at radius 2 is 2.06 bits per heavy atom. The predicted octanol–water partition coefficient (Wildman–Crippen LogP) is 0.984. The molecule has 1 aromatic carbocycles. The van der Waals surface area contributed by atoms with Gasteiger partial charge in [0.25, 0.3) is 11.9 Å². The summed E-state index contributed by atoms with van der Waals surface area (Å²) in [6.45, 7) is 0. The topological polar surface area (TPSA) is 85.0 Å². The lowest BCUT2D eigenvalue weighted by Crippen LogP contribution is -2.39. The molecular weight excluding hydrogens is 254 g/mol. The third kappa shape index (κ3) is 2.61. The predicted molar refractivity (Wildman–Crippen MR) is 67.7 cm³/mol. The Bertz CT molecular complexity index is 548. The lowest BCUT2D eigenvalue weighted by molar-refractivity contribution is -0.116. The Kier molecular flexibility index (Phi) is 3.81. The van der Waals surface area contributed by atoms with Gasteiger partial charge in [-0.05, 0) is 0 Å². The summed E-state index contributed by atoms with van der Waals surface area (Å²) >= 11 is 5.41. The van der Waals surface area contributed by atoms with Crippen LogP contribution in [0, 0.1) is 0 Å². The van der Waals surface area contributed by atoms with E-state index >= 15 is 0 Å². The van der Waals surface area contributed by atoms with Gasteiger partial charge in [-0.25, -0.2) is 15.8 Å². The molecular formula is C11H10ClN5O. The van der Waals surface area contributed by atoms with Crippen LogP contribution in [-0.4, -0.2) is 27.0 Å². The Morgan fingerprint density at radius 3 is 2.72 bits per heavy atom. The van der Waals surface area contributed by atoms with Gasteiger partial charge in [-0.15, -0.1) is 16.7 Å². The average Bonchev–Trinajstić information content (AvgIpc) is 2.46. The second-order valence-corrected chi connectivity index (χ2v) is 3.67. The lowest BCUT2D eigenvalue weighted by atomic mass is 10.2. The van der Waals surface area contributed by atoms with Crippen molar-refractivity contribution >= 4 is 23.5 Å². The van der Waals surface area contributed by atoms with Crippen molar-refractivity contribution in [2.24, 2.45) is 5.84 Å². The number of hydrogen-bond acceptors (Lipinski definition) is 5. The first-order valence-corrected chi connectivity index (χ1v) is 5.64. The molecule has 1 amide bonds. The molecule has 0 saturated carbocycles. The standard InChI is InChI=1S/C11H10ClN5O/c12-6-10(18)17(13)11-15-9(7-14-16-11)8-4-2-1-3-5-8/h1-5,7H,6,13H2. The molecule has 0 atom stereocenters. The minimum absolute atomic E-state index is 0.0157. The van der Waals surface area contributed by atoms with E-state index in [4.69, 9.17) is 17.4 Å². The van der Waals surface area contributed by atoms with Crippen LogP contribution in [0.15, 0.2) is 36.5 Å². The summed E-state index contributed by atoms with van der Waals surface area (Å²) in [4.78, 5) is 15.5. The SMILES string of the molecule is NN(C(=O)CCl)c1nncc(-c2ccccc2)n1. The van der Waals surface area contributed by atoms with Crippen LogP contribution in [0.25, 0.3) is 11.3 Å². The van der Waals surface area contributed by atoms with Crippen molar-refractivity contribution < 1.29 is 4.79 Å². The number of benzene rings is 1. The van der Waals surface area contributed by atoms with Crippen LogP contribution >= 0.6 is 11.6 Å². The molecule has 18 heavy (non-hydrogen) atoms. The number of nitrogens with two attached hydrogens (primary N) is 1. The molecule has 0 bridgehead atoms. The van der Waals surface area contributed by atoms with E-state index in [-0.39, 0.29) is 11.8 Å². The van der Waals surface area contributed by atoms with Gasteiger partial charge in [0, 0.05) is 5.56 Å². The van der Waals surface area contributed by atoms with E-state index in [0.29, 0.717) is 5.69 Å². The van der Waals surface area contributed by atoms with Gasteiger partial charge in [0.15, 0.2) is 0 Å². The molecule has 7 heteroatoms. The molecule has 92 valence electrons. The second kappa shape index (κ2) is 5.52. The highest BCUT2D eigenvalue weighted by Gasteiger charge is 2.14. The molecule has 0 aliphatic rings. The van der Waals surface area contributed by atoms with E-state index in [0.717, 1.165) is 10.6 Å². The minimum atomic E-state index is -0.497. The largest absolute Gasteiger partial charge is 0.272 e. The fourth-order valence-corrected chi connectivity index (χ4v) is 1.45. The summed E-state index contributed by atoms with van der Waals surface area (Å²) in [6, 6.07) is 9.39. The van der Waals surface area contributed by atoms with Gasteiger partial charge in [0.05, 0.1) is 11.9 Å². The highest BCUT2D eigenvalue weighted by Crippen LogP contribution is 2.16. The summed E-state index contributed by atoms with van der Waals surface area (Å²) < 4.78 is 0. The van der Waals surface area contributed by atoms with Gasteiger partial charge in [-0.2, -0.15) is 5.10 Å². The molecule has 0 unspecified atom stereocenters. The van der Waals surface area contributed by atoms with Gasteiger partial charge in [-0.3, -0.25) is 4.79 Å². The average molecular weight is 264 g/mol. The zero-order valence-corrected chi connectivity index (χ0v) is 10.1. The monoisotopic (exact) mass is 263 g/mol. The van der Waals surface area contributed by atoms with E-state index in [1.807, 2.05) is 30.3 Å². The van der Waals surface area contributed by atoms with Crippen molar-refractivity contribution in [3.8, 4) is 11.3 Å². The lowest BCUT2D eigenvalue weighted by Gasteiger charge is -2.12. The number of hydrazine groups is 1. The highest BCUT2D eigenvalue weighted by atomic mass is 35.5. The Labute approximate surface area is 108 Å². The Balaban J connectivity index is 2.34. The number of alkyl halides is 1. The summed E-state index contributed by atoms with van der Waals surface area (Å²) in [5.41, 5.74) is 1.44. The minimum Gasteiger partial charge on any atom is -0.272 e. The van der Waals surface area contributed by atoms with E-state index < -0.39 is 5.91 Å². The maximum atomic E-state index is 11.3. The number of anilines is 1. The normalized spacial score (nSPS) is 10.1. The number of nitrogens with zero attached hydrogens (tertiary/aromatic N) is 4. The van der Waals surface area contributed by atoms with Gasteiger partial charge < -0.3 is 0 Å². The molecule has 2 N–H and O–H groups in total. The first kappa shape index (κ1) is 12.4. The number of rotatable bonds is 3. The van der Waals surface area contributed by atoms with Crippen LogP contribution in [0.2, 0.25) is 0 Å². The van der Waals surface area contributed by atoms with Crippen LogP contribution < -0.4 is 10.9 Å². The number of carbonyl (C=O) groups is 1. The van der Waals surface area contributed by atoms with Crippen molar-refractivity contribution in [2.45, 2.75) is 0 Å². The number of aromatic nitrogens is 3. The summed E-state index contributed by atoms with van der Waals surface area (Å²) in [7, 11) is 0. The summed E-state index contributed by atoms with van der Waals surface area (Å²) in [6.07, 6.45) is 1.50. The zero-order chi connectivity index (χ0) is 13.0. The van der Waals surface area contributed by atoms with Crippen molar-refractivity contribution in [2.75, 3.05) is 10.9 Å². The van der Waals surface area contributed by atoms with Crippen molar-refractivity contribution in [1.29, 1.82) is 0 Å². The summed E-state index contributed by atoms with van der Waals surface area (Å²) in [5.74, 6) is 4.81. The molecule has 2 rings (SSSR count). The van der Waals surface area contributed by atoms with Gasteiger partial charge in [0.1, 0.15) is 5.88 Å². The molecule has 0 aliphatic heterocycles. The van der Waals surface area contributed by atoms with Crippen LogP contribution in [-0.2, 0) is 4.79 Å². The maximum absolute atomic E-state index is 11.3. The molecule has 6 nitrogen and oxygen atoms in total. The fraction of sp³-hybridized carbons (Fsp3) is 0.0909. The van der Waals surface area contributed by atoms with Crippen LogP contribution in [0.5, 0.6) is 0 Å². The maximum Gasteiger partial charge on any atom is 0.267 e. The van der Waals surface area contributed by atoms with Gasteiger partial charge in [-0.1, -0.05) is 30.3 Å². The van der Waals surface area contributed by atoms with E-state index in [2.05, 4.69) is 15.2 Å². The van der Waals surface area contributed by atoms with Crippen molar-refractivity contribution in [3.05, 3.63) is 36.5 Å². The first-order valence-electron chi connectivity index (χ1n) is 5.11. The number of amides is 1. The van der Waals surface area contributed by atoms with E-state index in [9.17, 15) is 4.79 Å². The molecule has 0 aliphatic carbocycles. The smallest absolute Gasteiger partial charge is 0.267 e. The third-order valence-corrected chi connectivity index (χ3v) is 2.44. The Hall–Kier alpha value is -2.05. The number of carbonyl (C=O) groups excluding carboxylic acids is 1. The first-order chi connectivity index (χ1) is 8.72. The highest BCUT2D eigenvalue weighted by molar-refractivity contribution is 6.29. The second-order valence-electron chi connectivity index (χ2n) is 3.41. The molecule has 0 radical (unpaired) electrons. The molecule has 0 saturated heterocycles. The Morgan fingerprint density at radius 1 is 1.33 bits per heavy atom. The van der Waals surface area contributed by atoms with Crippen LogP contribution in [0.1, 0.15) is 0 Å². The van der Waals surface area contributed by atoms with Crippen molar-refractivity contribution in [3.63, 3.8) is 0 Å². The fourth-order valence-electron chi connectivity index (χ4n) is 1.32. The summed E-state index contributed by atoms with van der Waals surface area (Å²) in [5, 5.41) is 8.25. The molecule has 1 heterocycles. The molecule has 1 aromatic heterocycles. The van der Waals surface area contributed by atoms with E-state index in [1.54, 1.807) is 0 Å². The van der Waals surface area contributed by atoms with Crippen molar-refractivity contribution in [1.82, 2.24) is 15.2 Å². The number of hydrogen-bond donors (Lipinski definition) is 1. The van der Waals surface area contributed by atoms with Gasteiger partial charge in [0.2, 0.25) is 0 Å².